The molecule has 0 unspecified atom stereocenters. The van der Waals surface area contributed by atoms with E-state index in [9.17, 15) is 9.59 Å². The number of nitrogens with one attached hydrogen (secondary N) is 2. The molecule has 2 N–H and O–H groups in total. The predicted octanol–water partition coefficient (Wildman–Crippen LogP) is 0.646. The molecule has 0 rings (SSSR count). The number of carbonyl (C=O) groups is 2. The average Bonchev–Trinajstić information content (AvgIpc) is 1.99. The Morgan fingerprint density at radius 2 is 1.79 bits per heavy atom. The first-order chi connectivity index (χ1) is 6.29. The molecule has 0 heterocycles. The largest absolute Gasteiger partial charge is 0.467 e. The van der Waals surface area contributed by atoms with Crippen molar-refractivity contribution >= 4 is 12.0 Å². The van der Waals surface area contributed by atoms with Crippen LogP contribution in [0.3, 0.4) is 0 Å². The van der Waals surface area contributed by atoms with E-state index in [0.29, 0.717) is 0 Å². The van der Waals surface area contributed by atoms with Crippen molar-refractivity contribution in [3.63, 3.8) is 0 Å². The summed E-state index contributed by atoms with van der Waals surface area (Å²) in [6.45, 7) is 6.84. The maximum atomic E-state index is 11.3. The minimum atomic E-state index is -1.01. The normalized spacial score (nSPS) is 11.0. The van der Waals surface area contributed by atoms with Crippen LogP contribution in [-0.2, 0) is 9.53 Å². The van der Waals surface area contributed by atoms with Gasteiger partial charge in [0.25, 0.3) is 0 Å². The summed E-state index contributed by atoms with van der Waals surface area (Å²) in [4.78, 5) is 22.4. The Hall–Kier alpha value is -1.26. The molecule has 0 aromatic rings. The Morgan fingerprint density at radius 1 is 1.29 bits per heavy atom. The molecule has 0 aliphatic heterocycles. The Kier molecular flexibility index (Phi) is 4.40. The third-order valence-corrected chi connectivity index (χ3v) is 1.54. The van der Waals surface area contributed by atoms with Gasteiger partial charge in [0.1, 0.15) is 5.54 Å². The Balaban J connectivity index is 4.22. The van der Waals surface area contributed by atoms with Crippen LogP contribution in [0.5, 0.6) is 0 Å². The van der Waals surface area contributed by atoms with E-state index in [2.05, 4.69) is 15.4 Å². The third kappa shape index (κ3) is 4.11. The van der Waals surface area contributed by atoms with Crippen molar-refractivity contribution in [2.24, 2.45) is 0 Å². The zero-order valence-corrected chi connectivity index (χ0v) is 9.30. The lowest BCUT2D eigenvalue weighted by Crippen LogP contribution is -2.54. The first kappa shape index (κ1) is 12.7. The molecule has 14 heavy (non-hydrogen) atoms. The monoisotopic (exact) mass is 202 g/mol. The molecule has 0 radical (unpaired) electrons. The van der Waals surface area contributed by atoms with Crippen LogP contribution in [0.25, 0.3) is 0 Å². The van der Waals surface area contributed by atoms with Gasteiger partial charge in [0.2, 0.25) is 0 Å². The van der Waals surface area contributed by atoms with Crippen LogP contribution >= 0.6 is 0 Å². The van der Waals surface area contributed by atoms with E-state index in [1.807, 2.05) is 13.8 Å². The number of hydrogen-bond acceptors (Lipinski definition) is 3. The van der Waals surface area contributed by atoms with Crippen LogP contribution in [0.15, 0.2) is 0 Å². The van der Waals surface area contributed by atoms with Gasteiger partial charge in [0, 0.05) is 6.04 Å². The highest BCUT2D eigenvalue weighted by Crippen LogP contribution is 2.03. The van der Waals surface area contributed by atoms with E-state index in [-0.39, 0.29) is 12.1 Å². The van der Waals surface area contributed by atoms with Crippen LogP contribution in [0.1, 0.15) is 27.7 Å². The summed E-state index contributed by atoms with van der Waals surface area (Å²) in [5.41, 5.74) is -1.01. The third-order valence-electron chi connectivity index (χ3n) is 1.54. The van der Waals surface area contributed by atoms with Crippen molar-refractivity contribution in [3.8, 4) is 0 Å². The number of urea groups is 1. The first-order valence-corrected chi connectivity index (χ1v) is 4.46. The van der Waals surface area contributed by atoms with Gasteiger partial charge in [-0.25, -0.2) is 9.59 Å². The van der Waals surface area contributed by atoms with Crippen LogP contribution < -0.4 is 10.6 Å². The van der Waals surface area contributed by atoms with E-state index in [0.717, 1.165) is 0 Å². The fraction of sp³-hybridized carbons (Fsp3) is 0.778. The van der Waals surface area contributed by atoms with Crippen molar-refractivity contribution < 1.29 is 14.3 Å². The summed E-state index contributed by atoms with van der Waals surface area (Å²) in [5.74, 6) is -0.476. The molecule has 0 aromatic carbocycles. The average molecular weight is 202 g/mol. The van der Waals surface area contributed by atoms with E-state index in [4.69, 9.17) is 0 Å². The van der Waals surface area contributed by atoms with Gasteiger partial charge in [-0.1, -0.05) is 0 Å². The molecule has 0 saturated heterocycles. The van der Waals surface area contributed by atoms with Crippen LogP contribution in [0.2, 0.25) is 0 Å². The number of ether oxygens (including phenoxy) is 1. The van der Waals surface area contributed by atoms with Gasteiger partial charge in [0.05, 0.1) is 7.11 Å². The molecule has 0 atom stereocenters. The summed E-state index contributed by atoms with van der Waals surface area (Å²) < 4.78 is 4.54. The van der Waals surface area contributed by atoms with E-state index >= 15 is 0 Å². The highest BCUT2D eigenvalue weighted by molar-refractivity contribution is 5.86. The molecule has 2 amide bonds. The maximum Gasteiger partial charge on any atom is 0.331 e. The zero-order chi connectivity index (χ0) is 11.4. The Morgan fingerprint density at radius 3 is 2.14 bits per heavy atom. The fourth-order valence-corrected chi connectivity index (χ4v) is 0.888. The SMILES string of the molecule is COC(=O)C(C)(C)NC(=O)NC(C)C. The Bertz CT molecular complexity index is 224. The molecule has 0 aromatic heterocycles. The van der Waals surface area contributed by atoms with E-state index in [1.54, 1.807) is 13.8 Å². The quantitative estimate of drug-likeness (QED) is 0.660. The predicted molar refractivity (Wildman–Crippen MR) is 52.9 cm³/mol. The van der Waals surface area contributed by atoms with Crippen molar-refractivity contribution in [3.05, 3.63) is 0 Å². The summed E-state index contributed by atoms with van der Waals surface area (Å²) in [7, 11) is 1.28. The van der Waals surface area contributed by atoms with Gasteiger partial charge in [0.15, 0.2) is 0 Å². The summed E-state index contributed by atoms with van der Waals surface area (Å²) in [6.07, 6.45) is 0. The second-order valence-corrected chi connectivity index (χ2v) is 3.87. The van der Waals surface area contributed by atoms with E-state index in [1.165, 1.54) is 7.11 Å². The molecule has 0 bridgehead atoms. The van der Waals surface area contributed by atoms with Crippen molar-refractivity contribution in [2.75, 3.05) is 7.11 Å². The fourth-order valence-electron chi connectivity index (χ4n) is 0.888. The minimum Gasteiger partial charge on any atom is -0.467 e. The summed E-state index contributed by atoms with van der Waals surface area (Å²) in [6, 6.07) is -0.348. The topological polar surface area (TPSA) is 67.4 Å². The van der Waals surface area contributed by atoms with Gasteiger partial charge in [-0.15, -0.1) is 0 Å². The molecule has 82 valence electrons. The molecule has 0 spiro atoms. The van der Waals surface area contributed by atoms with Crippen LogP contribution in [0, 0.1) is 0 Å². The van der Waals surface area contributed by atoms with Gasteiger partial charge < -0.3 is 15.4 Å². The molecule has 5 heteroatoms. The number of carbonyl (C=O) groups excluding carboxylic acids is 2. The zero-order valence-electron chi connectivity index (χ0n) is 9.30. The summed E-state index contributed by atoms with van der Waals surface area (Å²) >= 11 is 0. The lowest BCUT2D eigenvalue weighted by molar-refractivity contribution is -0.146. The molecular formula is C9H18N2O3. The van der Waals surface area contributed by atoms with Crippen molar-refractivity contribution in [1.29, 1.82) is 0 Å². The van der Waals surface area contributed by atoms with Crippen LogP contribution in [-0.4, -0.2) is 30.7 Å². The van der Waals surface area contributed by atoms with Gasteiger partial charge >= 0.3 is 12.0 Å². The van der Waals surface area contributed by atoms with Crippen molar-refractivity contribution in [1.82, 2.24) is 10.6 Å². The van der Waals surface area contributed by atoms with Gasteiger partial charge in [-0.2, -0.15) is 0 Å². The molecule has 0 aliphatic carbocycles. The molecular weight excluding hydrogens is 184 g/mol. The number of hydrogen-bond donors (Lipinski definition) is 2. The molecule has 0 fully saturated rings. The highest BCUT2D eigenvalue weighted by atomic mass is 16.5. The smallest absolute Gasteiger partial charge is 0.331 e. The number of rotatable bonds is 3. The molecule has 0 saturated carbocycles. The van der Waals surface area contributed by atoms with Crippen LogP contribution in [0.4, 0.5) is 4.79 Å². The second kappa shape index (κ2) is 4.83. The number of methoxy groups -OCH3 is 1. The molecule has 0 aliphatic rings. The second-order valence-electron chi connectivity index (χ2n) is 3.87. The maximum absolute atomic E-state index is 11.3. The molecule has 5 nitrogen and oxygen atoms in total. The highest BCUT2D eigenvalue weighted by Gasteiger charge is 2.30. The Labute approximate surface area is 84.2 Å². The van der Waals surface area contributed by atoms with Gasteiger partial charge in [-0.05, 0) is 27.7 Å². The minimum absolute atomic E-state index is 0.0310. The first-order valence-electron chi connectivity index (χ1n) is 4.46. The summed E-state index contributed by atoms with van der Waals surface area (Å²) in [5, 5.41) is 5.13. The van der Waals surface area contributed by atoms with Gasteiger partial charge in [-0.3, -0.25) is 0 Å². The lowest BCUT2D eigenvalue weighted by atomic mass is 10.1. The lowest BCUT2D eigenvalue weighted by Gasteiger charge is -2.23. The number of esters is 1. The van der Waals surface area contributed by atoms with E-state index < -0.39 is 11.5 Å². The number of amides is 2. The standard InChI is InChI=1S/C9H18N2O3/c1-6(2)10-8(13)11-9(3,4)7(12)14-5/h6H,1-5H3,(H2,10,11,13). The van der Waals surface area contributed by atoms with Crippen molar-refractivity contribution in [2.45, 2.75) is 39.3 Å².